The first kappa shape index (κ1) is 16.0. The van der Waals surface area contributed by atoms with E-state index in [1.807, 2.05) is 24.3 Å². The van der Waals surface area contributed by atoms with E-state index in [1.54, 1.807) is 6.20 Å². The van der Waals surface area contributed by atoms with E-state index in [-0.39, 0.29) is 0 Å². The number of aromatic nitrogens is 1. The molecule has 0 unspecified atom stereocenters. The van der Waals surface area contributed by atoms with Crippen LogP contribution in [0.1, 0.15) is 37.8 Å². The van der Waals surface area contributed by atoms with Crippen molar-refractivity contribution in [2.45, 2.75) is 33.2 Å². The standard InChI is InChI=1S/C17H21BrN2O/c1-4-19-10-13-9-14(18)11-20-17(13)21-16-8-6-5-7-15(16)12(2)3/h5-9,11-12,19H,4,10H2,1-3H3. The molecule has 1 aromatic heterocycles. The molecule has 1 aromatic carbocycles. The van der Waals surface area contributed by atoms with Crippen LogP contribution in [0.5, 0.6) is 11.6 Å². The first-order valence-electron chi connectivity index (χ1n) is 7.23. The molecule has 4 heteroatoms. The summed E-state index contributed by atoms with van der Waals surface area (Å²) >= 11 is 3.47. The number of hydrogen-bond donors (Lipinski definition) is 1. The van der Waals surface area contributed by atoms with E-state index in [1.165, 1.54) is 5.56 Å². The zero-order valence-corrected chi connectivity index (χ0v) is 14.3. The highest BCUT2D eigenvalue weighted by Crippen LogP contribution is 2.31. The van der Waals surface area contributed by atoms with Crippen LogP contribution >= 0.6 is 15.9 Å². The number of rotatable bonds is 6. The maximum atomic E-state index is 6.08. The quantitative estimate of drug-likeness (QED) is 0.808. The molecule has 1 heterocycles. The predicted molar refractivity (Wildman–Crippen MR) is 89.9 cm³/mol. The van der Waals surface area contributed by atoms with E-state index >= 15 is 0 Å². The van der Waals surface area contributed by atoms with Crippen LogP contribution in [0.4, 0.5) is 0 Å². The van der Waals surface area contributed by atoms with Crippen molar-refractivity contribution in [2.24, 2.45) is 0 Å². The smallest absolute Gasteiger partial charge is 0.223 e. The summed E-state index contributed by atoms with van der Waals surface area (Å²) in [6.45, 7) is 8.06. The van der Waals surface area contributed by atoms with E-state index in [4.69, 9.17) is 4.74 Å². The average molecular weight is 349 g/mol. The van der Waals surface area contributed by atoms with Crippen LogP contribution < -0.4 is 10.1 Å². The second kappa shape index (κ2) is 7.57. The van der Waals surface area contributed by atoms with Gasteiger partial charge in [0.25, 0.3) is 0 Å². The topological polar surface area (TPSA) is 34.2 Å². The Morgan fingerprint density at radius 2 is 2.05 bits per heavy atom. The van der Waals surface area contributed by atoms with E-state index < -0.39 is 0 Å². The fraction of sp³-hybridized carbons (Fsp3) is 0.353. The Morgan fingerprint density at radius 3 is 2.76 bits per heavy atom. The zero-order chi connectivity index (χ0) is 15.2. The number of halogens is 1. The molecule has 0 amide bonds. The highest BCUT2D eigenvalue weighted by molar-refractivity contribution is 9.10. The Hall–Kier alpha value is -1.39. The Morgan fingerprint density at radius 1 is 1.29 bits per heavy atom. The van der Waals surface area contributed by atoms with Crippen LogP contribution in [0.25, 0.3) is 0 Å². The van der Waals surface area contributed by atoms with E-state index in [0.717, 1.165) is 28.9 Å². The van der Waals surface area contributed by atoms with Crippen molar-refractivity contribution in [1.29, 1.82) is 0 Å². The van der Waals surface area contributed by atoms with Crippen molar-refractivity contribution in [2.75, 3.05) is 6.54 Å². The first-order valence-corrected chi connectivity index (χ1v) is 8.03. The summed E-state index contributed by atoms with van der Waals surface area (Å²) in [5.41, 5.74) is 2.24. The Balaban J connectivity index is 2.31. The van der Waals surface area contributed by atoms with Crippen molar-refractivity contribution in [1.82, 2.24) is 10.3 Å². The Labute approximate surface area is 134 Å². The highest BCUT2D eigenvalue weighted by atomic mass is 79.9. The molecule has 2 aromatic rings. The van der Waals surface area contributed by atoms with Crippen LogP contribution in [0.15, 0.2) is 41.0 Å². The minimum atomic E-state index is 0.411. The summed E-state index contributed by atoms with van der Waals surface area (Å²) in [6, 6.07) is 10.2. The second-order valence-electron chi connectivity index (χ2n) is 5.19. The summed E-state index contributed by atoms with van der Waals surface area (Å²) in [7, 11) is 0. The summed E-state index contributed by atoms with van der Waals surface area (Å²) < 4.78 is 7.04. The zero-order valence-electron chi connectivity index (χ0n) is 12.7. The molecule has 3 nitrogen and oxygen atoms in total. The van der Waals surface area contributed by atoms with Gasteiger partial charge >= 0.3 is 0 Å². The monoisotopic (exact) mass is 348 g/mol. The molecule has 1 N–H and O–H groups in total. The third-order valence-electron chi connectivity index (χ3n) is 3.21. The van der Waals surface area contributed by atoms with Gasteiger partial charge in [0.2, 0.25) is 5.88 Å². The minimum absolute atomic E-state index is 0.411. The second-order valence-corrected chi connectivity index (χ2v) is 6.11. The van der Waals surface area contributed by atoms with Gasteiger partial charge in [-0.15, -0.1) is 0 Å². The molecular formula is C17H21BrN2O. The molecule has 0 saturated carbocycles. The molecule has 0 saturated heterocycles. The third kappa shape index (κ3) is 4.29. The molecule has 0 aliphatic carbocycles. The van der Waals surface area contributed by atoms with Crippen LogP contribution in [0.2, 0.25) is 0 Å². The van der Waals surface area contributed by atoms with Gasteiger partial charge in [-0.05, 0) is 46.1 Å². The maximum Gasteiger partial charge on any atom is 0.223 e. The summed E-state index contributed by atoms with van der Waals surface area (Å²) in [5.74, 6) is 1.95. The molecule has 0 atom stereocenters. The molecular weight excluding hydrogens is 328 g/mol. The van der Waals surface area contributed by atoms with Crippen molar-refractivity contribution in [3.63, 3.8) is 0 Å². The van der Waals surface area contributed by atoms with Crippen molar-refractivity contribution >= 4 is 15.9 Å². The molecule has 2 rings (SSSR count). The molecule has 0 aliphatic rings. The van der Waals surface area contributed by atoms with Gasteiger partial charge in [-0.3, -0.25) is 0 Å². The molecule has 0 fully saturated rings. The predicted octanol–water partition coefficient (Wildman–Crippen LogP) is 4.87. The number of hydrogen-bond acceptors (Lipinski definition) is 3. The van der Waals surface area contributed by atoms with Crippen LogP contribution in [0, 0.1) is 0 Å². The lowest BCUT2D eigenvalue weighted by Crippen LogP contribution is -2.13. The SMILES string of the molecule is CCNCc1cc(Br)cnc1Oc1ccccc1C(C)C. The largest absolute Gasteiger partial charge is 0.438 e. The normalized spacial score (nSPS) is 10.9. The summed E-state index contributed by atoms with van der Waals surface area (Å²) in [6.07, 6.45) is 1.77. The number of ether oxygens (including phenoxy) is 1. The lowest BCUT2D eigenvalue weighted by Gasteiger charge is -2.15. The average Bonchev–Trinajstić information content (AvgIpc) is 2.47. The van der Waals surface area contributed by atoms with Gasteiger partial charge in [-0.25, -0.2) is 4.98 Å². The van der Waals surface area contributed by atoms with Gasteiger partial charge in [0.1, 0.15) is 5.75 Å². The number of nitrogens with one attached hydrogen (secondary N) is 1. The van der Waals surface area contributed by atoms with Crippen molar-refractivity contribution in [3.8, 4) is 11.6 Å². The van der Waals surface area contributed by atoms with Gasteiger partial charge < -0.3 is 10.1 Å². The van der Waals surface area contributed by atoms with Gasteiger partial charge in [0, 0.05) is 22.8 Å². The molecule has 0 radical (unpaired) electrons. The number of para-hydroxylation sites is 1. The first-order chi connectivity index (χ1) is 10.1. The summed E-state index contributed by atoms with van der Waals surface area (Å²) in [4.78, 5) is 4.42. The van der Waals surface area contributed by atoms with Crippen molar-refractivity contribution < 1.29 is 4.74 Å². The van der Waals surface area contributed by atoms with E-state index in [0.29, 0.717) is 11.8 Å². The number of nitrogens with zero attached hydrogens (tertiary/aromatic N) is 1. The molecule has 0 spiro atoms. The molecule has 0 aliphatic heterocycles. The van der Waals surface area contributed by atoms with Gasteiger partial charge in [0.15, 0.2) is 0 Å². The fourth-order valence-electron chi connectivity index (χ4n) is 2.10. The number of benzene rings is 1. The third-order valence-corrected chi connectivity index (χ3v) is 3.64. The van der Waals surface area contributed by atoms with Gasteiger partial charge in [0.05, 0.1) is 0 Å². The molecule has 112 valence electrons. The fourth-order valence-corrected chi connectivity index (χ4v) is 2.48. The molecule has 0 bridgehead atoms. The van der Waals surface area contributed by atoms with Crippen LogP contribution in [-0.4, -0.2) is 11.5 Å². The lowest BCUT2D eigenvalue weighted by atomic mass is 10.0. The number of pyridine rings is 1. The molecule has 21 heavy (non-hydrogen) atoms. The van der Waals surface area contributed by atoms with E-state index in [9.17, 15) is 0 Å². The van der Waals surface area contributed by atoms with Gasteiger partial charge in [-0.2, -0.15) is 0 Å². The van der Waals surface area contributed by atoms with Crippen molar-refractivity contribution in [3.05, 3.63) is 52.1 Å². The highest BCUT2D eigenvalue weighted by Gasteiger charge is 2.12. The Bertz CT molecular complexity index is 599. The Kier molecular flexibility index (Phi) is 5.76. The van der Waals surface area contributed by atoms with E-state index in [2.05, 4.69) is 53.1 Å². The van der Waals surface area contributed by atoms with Crippen LogP contribution in [-0.2, 0) is 6.54 Å². The minimum Gasteiger partial charge on any atom is -0.438 e. The van der Waals surface area contributed by atoms with Crippen LogP contribution in [0.3, 0.4) is 0 Å². The lowest BCUT2D eigenvalue weighted by molar-refractivity contribution is 0.445. The maximum absolute atomic E-state index is 6.08. The summed E-state index contributed by atoms with van der Waals surface area (Å²) in [5, 5.41) is 3.31. The van der Waals surface area contributed by atoms with Gasteiger partial charge in [-0.1, -0.05) is 39.0 Å².